The second-order valence-electron chi connectivity index (χ2n) is 5.84. The Bertz CT molecular complexity index is 876. The predicted molar refractivity (Wildman–Crippen MR) is 105 cm³/mol. The first-order valence-electron chi connectivity index (χ1n) is 8.63. The third-order valence-corrected chi connectivity index (χ3v) is 4.57. The number of aromatic nitrogens is 3. The standard InChI is InChI=1S/C20H21N3O3S/c1-3-25-16-10-6-15(7-11-16)18(24)13-27-20-21-19(22-23-20)12-26-17-8-4-14(2)5-9-17/h4-11H,3,12-13H2,1-2H3,(H,21,22,23). The van der Waals surface area contributed by atoms with Crippen molar-refractivity contribution in [3.63, 3.8) is 0 Å². The highest BCUT2D eigenvalue weighted by molar-refractivity contribution is 7.99. The number of aryl methyl sites for hydroxylation is 1. The summed E-state index contributed by atoms with van der Waals surface area (Å²) in [5.41, 5.74) is 1.82. The lowest BCUT2D eigenvalue weighted by Gasteiger charge is -2.04. The number of nitrogens with zero attached hydrogens (tertiary/aromatic N) is 2. The van der Waals surface area contributed by atoms with Gasteiger partial charge in [0.05, 0.1) is 12.4 Å². The molecule has 1 heterocycles. The van der Waals surface area contributed by atoms with E-state index in [1.165, 1.54) is 17.3 Å². The van der Waals surface area contributed by atoms with E-state index in [1.54, 1.807) is 24.3 Å². The summed E-state index contributed by atoms with van der Waals surface area (Å²) in [6.45, 7) is 4.85. The van der Waals surface area contributed by atoms with Gasteiger partial charge in [0.15, 0.2) is 11.6 Å². The molecule has 1 aromatic heterocycles. The van der Waals surface area contributed by atoms with E-state index in [1.807, 2.05) is 38.1 Å². The normalized spacial score (nSPS) is 10.6. The zero-order valence-corrected chi connectivity index (χ0v) is 16.1. The molecule has 1 N–H and O–H groups in total. The molecular formula is C20H21N3O3S. The summed E-state index contributed by atoms with van der Waals surface area (Å²) in [7, 11) is 0. The highest BCUT2D eigenvalue weighted by atomic mass is 32.2. The molecule has 0 bridgehead atoms. The number of Topliss-reactive ketones (excluding diaryl/α,β-unsaturated/α-hetero) is 1. The van der Waals surface area contributed by atoms with Gasteiger partial charge in [-0.2, -0.15) is 0 Å². The van der Waals surface area contributed by atoms with Crippen LogP contribution in [0.5, 0.6) is 11.5 Å². The van der Waals surface area contributed by atoms with Crippen molar-refractivity contribution in [2.45, 2.75) is 25.6 Å². The number of aromatic amines is 1. The van der Waals surface area contributed by atoms with Crippen molar-refractivity contribution < 1.29 is 14.3 Å². The molecule has 0 fully saturated rings. The summed E-state index contributed by atoms with van der Waals surface area (Å²) in [5.74, 6) is 2.44. The zero-order valence-electron chi connectivity index (χ0n) is 15.3. The van der Waals surface area contributed by atoms with Gasteiger partial charge in [-0.1, -0.05) is 29.5 Å². The summed E-state index contributed by atoms with van der Waals surface area (Å²) < 4.78 is 11.0. The number of hydrogen-bond donors (Lipinski definition) is 1. The summed E-state index contributed by atoms with van der Waals surface area (Å²) in [4.78, 5) is 16.6. The lowest BCUT2D eigenvalue weighted by Crippen LogP contribution is -2.03. The SMILES string of the molecule is CCOc1ccc(C(=O)CSc2n[nH]c(COc3ccc(C)cc3)n2)cc1. The number of hydrogen-bond acceptors (Lipinski definition) is 6. The molecule has 0 aliphatic rings. The fourth-order valence-corrected chi connectivity index (χ4v) is 3.02. The number of ether oxygens (including phenoxy) is 2. The van der Waals surface area contributed by atoms with Crippen LogP contribution in [0.15, 0.2) is 53.7 Å². The van der Waals surface area contributed by atoms with Crippen molar-refractivity contribution in [1.29, 1.82) is 0 Å². The van der Waals surface area contributed by atoms with Gasteiger partial charge < -0.3 is 9.47 Å². The van der Waals surface area contributed by atoms with E-state index in [4.69, 9.17) is 9.47 Å². The number of H-pyrrole nitrogens is 1. The lowest BCUT2D eigenvalue weighted by atomic mass is 10.1. The van der Waals surface area contributed by atoms with Crippen LogP contribution in [-0.4, -0.2) is 33.3 Å². The number of nitrogens with one attached hydrogen (secondary N) is 1. The van der Waals surface area contributed by atoms with Crippen molar-refractivity contribution in [3.05, 3.63) is 65.5 Å². The Morgan fingerprint density at radius 2 is 1.70 bits per heavy atom. The molecule has 7 heteroatoms. The number of carbonyl (C=O) groups is 1. The van der Waals surface area contributed by atoms with Crippen LogP contribution in [-0.2, 0) is 6.61 Å². The van der Waals surface area contributed by atoms with Crippen LogP contribution in [0.2, 0.25) is 0 Å². The van der Waals surface area contributed by atoms with Gasteiger partial charge in [-0.05, 0) is 50.2 Å². The molecule has 0 amide bonds. The Morgan fingerprint density at radius 3 is 2.41 bits per heavy atom. The molecule has 0 radical (unpaired) electrons. The van der Waals surface area contributed by atoms with Gasteiger partial charge in [0.2, 0.25) is 5.16 Å². The fraction of sp³-hybridized carbons (Fsp3) is 0.250. The molecule has 0 saturated heterocycles. The average molecular weight is 383 g/mol. The second kappa shape index (κ2) is 9.23. The van der Waals surface area contributed by atoms with E-state index in [9.17, 15) is 4.79 Å². The first-order chi connectivity index (χ1) is 13.1. The molecule has 0 aliphatic carbocycles. The van der Waals surface area contributed by atoms with Gasteiger partial charge in [-0.15, -0.1) is 5.10 Å². The Kier molecular flexibility index (Phi) is 6.49. The third-order valence-electron chi connectivity index (χ3n) is 3.73. The molecule has 3 rings (SSSR count). The Morgan fingerprint density at radius 1 is 1.04 bits per heavy atom. The van der Waals surface area contributed by atoms with Gasteiger partial charge >= 0.3 is 0 Å². The van der Waals surface area contributed by atoms with Crippen molar-refractivity contribution in [2.75, 3.05) is 12.4 Å². The van der Waals surface area contributed by atoms with Crippen molar-refractivity contribution in [3.8, 4) is 11.5 Å². The maximum Gasteiger partial charge on any atom is 0.208 e. The van der Waals surface area contributed by atoms with Crippen LogP contribution in [0, 0.1) is 6.92 Å². The average Bonchev–Trinajstić information content (AvgIpc) is 3.14. The van der Waals surface area contributed by atoms with Crippen LogP contribution in [0.3, 0.4) is 0 Å². The third kappa shape index (κ3) is 5.59. The topological polar surface area (TPSA) is 77.1 Å². The highest BCUT2D eigenvalue weighted by Gasteiger charge is 2.10. The molecule has 27 heavy (non-hydrogen) atoms. The summed E-state index contributed by atoms with van der Waals surface area (Å²) >= 11 is 1.29. The molecule has 6 nitrogen and oxygen atoms in total. The molecular weight excluding hydrogens is 362 g/mol. The fourth-order valence-electron chi connectivity index (χ4n) is 2.31. The quantitative estimate of drug-likeness (QED) is 0.443. The summed E-state index contributed by atoms with van der Waals surface area (Å²) in [6, 6.07) is 14.9. The smallest absolute Gasteiger partial charge is 0.208 e. The van der Waals surface area contributed by atoms with Crippen molar-refractivity contribution >= 4 is 17.5 Å². The molecule has 0 spiro atoms. The number of ketones is 1. The minimum atomic E-state index is 0.0188. The van der Waals surface area contributed by atoms with E-state index in [0.717, 1.165) is 11.5 Å². The summed E-state index contributed by atoms with van der Waals surface area (Å²) in [6.07, 6.45) is 0. The zero-order chi connectivity index (χ0) is 19.1. The largest absolute Gasteiger partial charge is 0.494 e. The molecule has 0 saturated carbocycles. The van der Waals surface area contributed by atoms with Crippen molar-refractivity contribution in [2.24, 2.45) is 0 Å². The Labute approximate surface area is 162 Å². The van der Waals surface area contributed by atoms with Gasteiger partial charge in [0, 0.05) is 5.56 Å². The van der Waals surface area contributed by atoms with Crippen LogP contribution in [0.1, 0.15) is 28.7 Å². The number of carbonyl (C=O) groups excluding carboxylic acids is 1. The molecule has 2 aromatic carbocycles. The lowest BCUT2D eigenvalue weighted by molar-refractivity contribution is 0.102. The van der Waals surface area contributed by atoms with Crippen molar-refractivity contribution in [1.82, 2.24) is 15.2 Å². The first-order valence-corrected chi connectivity index (χ1v) is 9.62. The van der Waals surface area contributed by atoms with E-state index in [2.05, 4.69) is 15.2 Å². The molecule has 140 valence electrons. The molecule has 0 aliphatic heterocycles. The minimum absolute atomic E-state index is 0.0188. The number of benzene rings is 2. The summed E-state index contributed by atoms with van der Waals surface area (Å²) in [5, 5.41) is 7.48. The van der Waals surface area contributed by atoms with E-state index in [-0.39, 0.29) is 11.5 Å². The Hall–Kier alpha value is -2.80. The maximum atomic E-state index is 12.3. The maximum absolute atomic E-state index is 12.3. The number of thioether (sulfide) groups is 1. The van der Waals surface area contributed by atoms with Crippen LogP contribution in [0.4, 0.5) is 0 Å². The predicted octanol–water partition coefficient (Wildman–Crippen LogP) is 4.07. The minimum Gasteiger partial charge on any atom is -0.494 e. The van der Waals surface area contributed by atoms with Crippen LogP contribution >= 0.6 is 11.8 Å². The second-order valence-corrected chi connectivity index (χ2v) is 6.78. The van der Waals surface area contributed by atoms with Crippen LogP contribution in [0.25, 0.3) is 0 Å². The van der Waals surface area contributed by atoms with Gasteiger partial charge in [0.1, 0.15) is 18.1 Å². The first kappa shape index (κ1) is 19.0. The monoisotopic (exact) mass is 383 g/mol. The van der Waals surface area contributed by atoms with Gasteiger partial charge in [-0.3, -0.25) is 9.89 Å². The van der Waals surface area contributed by atoms with E-state index >= 15 is 0 Å². The molecule has 0 unspecified atom stereocenters. The van der Waals surface area contributed by atoms with E-state index < -0.39 is 0 Å². The van der Waals surface area contributed by atoms with Crippen LogP contribution < -0.4 is 9.47 Å². The molecule has 0 atom stereocenters. The molecule has 3 aromatic rings. The highest BCUT2D eigenvalue weighted by Crippen LogP contribution is 2.18. The number of rotatable bonds is 9. The Balaban J connectivity index is 1.48. The van der Waals surface area contributed by atoms with E-state index in [0.29, 0.717) is 29.8 Å². The van der Waals surface area contributed by atoms with Gasteiger partial charge in [0.25, 0.3) is 0 Å². The van der Waals surface area contributed by atoms with Gasteiger partial charge in [-0.25, -0.2) is 4.98 Å².